The van der Waals surface area contributed by atoms with Crippen LogP contribution in [0.15, 0.2) is 35.7 Å². The van der Waals surface area contributed by atoms with Crippen LogP contribution in [0.3, 0.4) is 0 Å². The quantitative estimate of drug-likeness (QED) is 0.861. The molecule has 24 heavy (non-hydrogen) atoms. The lowest BCUT2D eigenvalue weighted by Gasteiger charge is -2.35. The zero-order valence-electron chi connectivity index (χ0n) is 12.6. The summed E-state index contributed by atoms with van der Waals surface area (Å²) in [7, 11) is 0. The molecule has 2 aromatic rings. The van der Waals surface area contributed by atoms with Gasteiger partial charge in [0.1, 0.15) is 5.75 Å². The molecule has 1 saturated heterocycles. The van der Waals surface area contributed by atoms with Gasteiger partial charge in [-0.05, 0) is 29.1 Å². The number of alkyl halides is 3. The first-order valence-electron chi connectivity index (χ1n) is 7.47. The van der Waals surface area contributed by atoms with Gasteiger partial charge in [0, 0.05) is 31.1 Å². The molecular weight excluding hydrogens is 361 g/mol. The van der Waals surface area contributed by atoms with Gasteiger partial charge in [-0.3, -0.25) is 4.90 Å². The Morgan fingerprint density at radius 2 is 1.79 bits per heavy atom. The molecule has 1 aliphatic rings. The fourth-order valence-corrected chi connectivity index (χ4v) is 4.14. The highest BCUT2D eigenvalue weighted by Gasteiger charge is 2.31. The maximum Gasteiger partial charge on any atom is 0.573 e. The van der Waals surface area contributed by atoms with E-state index in [1.165, 1.54) is 12.1 Å². The number of hydrogen-bond acceptors (Lipinski definition) is 4. The van der Waals surface area contributed by atoms with E-state index in [0.29, 0.717) is 5.02 Å². The molecule has 130 valence electrons. The SMILES string of the molecule is FC(F)(F)Oc1ccc([C@@H](c2sccc2Cl)N2CCNCC2)cc1. The predicted molar refractivity (Wildman–Crippen MR) is 88.7 cm³/mol. The molecule has 1 fully saturated rings. The lowest BCUT2D eigenvalue weighted by molar-refractivity contribution is -0.274. The number of halogens is 4. The highest BCUT2D eigenvalue weighted by molar-refractivity contribution is 7.10. The van der Waals surface area contributed by atoms with E-state index in [4.69, 9.17) is 11.6 Å². The van der Waals surface area contributed by atoms with E-state index in [9.17, 15) is 13.2 Å². The van der Waals surface area contributed by atoms with Gasteiger partial charge in [-0.2, -0.15) is 0 Å². The van der Waals surface area contributed by atoms with Crippen molar-refractivity contribution < 1.29 is 17.9 Å². The molecule has 0 radical (unpaired) electrons. The lowest BCUT2D eigenvalue weighted by Crippen LogP contribution is -2.45. The van der Waals surface area contributed by atoms with Crippen molar-refractivity contribution in [2.75, 3.05) is 26.2 Å². The van der Waals surface area contributed by atoms with Gasteiger partial charge in [0.05, 0.1) is 11.1 Å². The van der Waals surface area contributed by atoms with E-state index in [1.54, 1.807) is 23.5 Å². The first kappa shape index (κ1) is 17.5. The summed E-state index contributed by atoms with van der Waals surface area (Å²) in [5, 5.41) is 5.90. The molecule has 3 nitrogen and oxygen atoms in total. The second-order valence-electron chi connectivity index (χ2n) is 5.44. The Morgan fingerprint density at radius 1 is 1.12 bits per heavy atom. The fourth-order valence-electron chi connectivity index (χ4n) is 2.82. The number of rotatable bonds is 4. The van der Waals surface area contributed by atoms with Crippen molar-refractivity contribution in [3.05, 3.63) is 51.2 Å². The molecular formula is C16H16ClF3N2OS. The van der Waals surface area contributed by atoms with E-state index in [-0.39, 0.29) is 11.8 Å². The van der Waals surface area contributed by atoms with Gasteiger partial charge in [-0.15, -0.1) is 24.5 Å². The van der Waals surface area contributed by atoms with Gasteiger partial charge in [-0.25, -0.2) is 0 Å². The summed E-state index contributed by atoms with van der Waals surface area (Å²) in [5.74, 6) is -0.220. The van der Waals surface area contributed by atoms with Crippen LogP contribution in [0.5, 0.6) is 5.75 Å². The highest BCUT2D eigenvalue weighted by atomic mass is 35.5. The molecule has 0 unspecified atom stereocenters. The molecule has 0 bridgehead atoms. The van der Waals surface area contributed by atoms with Crippen molar-refractivity contribution in [3.63, 3.8) is 0 Å². The third-order valence-corrected chi connectivity index (χ3v) is 5.25. The molecule has 1 aromatic carbocycles. The summed E-state index contributed by atoms with van der Waals surface area (Å²) in [6, 6.07) is 7.81. The lowest BCUT2D eigenvalue weighted by atomic mass is 10.0. The van der Waals surface area contributed by atoms with Crippen LogP contribution in [0.2, 0.25) is 5.02 Å². The summed E-state index contributed by atoms with van der Waals surface area (Å²) in [6.45, 7) is 3.43. The fraction of sp³-hybridized carbons (Fsp3) is 0.375. The highest BCUT2D eigenvalue weighted by Crippen LogP contribution is 2.38. The standard InChI is InChI=1S/C16H16ClF3N2OS/c17-13-5-10-24-15(13)14(22-8-6-21-7-9-22)11-1-3-12(4-2-11)23-16(18,19)20/h1-5,10,14,21H,6-9H2/t14-/m0/s1. The number of ether oxygens (including phenoxy) is 1. The van der Waals surface area contributed by atoms with Crippen LogP contribution in [0.1, 0.15) is 16.5 Å². The normalized spacial score (nSPS) is 17.7. The largest absolute Gasteiger partial charge is 0.573 e. The molecule has 3 rings (SSSR count). The minimum absolute atomic E-state index is 0.0699. The molecule has 1 aromatic heterocycles. The second kappa shape index (κ2) is 7.31. The van der Waals surface area contributed by atoms with Gasteiger partial charge in [-0.1, -0.05) is 23.7 Å². The molecule has 1 N–H and O–H groups in total. The summed E-state index contributed by atoms with van der Waals surface area (Å²) < 4.78 is 40.9. The number of piperazine rings is 1. The molecule has 0 amide bonds. The molecule has 1 atom stereocenters. The van der Waals surface area contributed by atoms with E-state index in [0.717, 1.165) is 36.6 Å². The van der Waals surface area contributed by atoms with Crippen LogP contribution in [0.4, 0.5) is 13.2 Å². The van der Waals surface area contributed by atoms with Crippen molar-refractivity contribution in [3.8, 4) is 5.75 Å². The summed E-state index contributed by atoms with van der Waals surface area (Å²) >= 11 is 7.87. The summed E-state index contributed by atoms with van der Waals surface area (Å²) in [6.07, 6.45) is -4.68. The third kappa shape index (κ3) is 4.22. The maximum absolute atomic E-state index is 12.3. The van der Waals surface area contributed by atoms with E-state index in [1.807, 2.05) is 11.4 Å². The molecule has 8 heteroatoms. The van der Waals surface area contributed by atoms with Crippen LogP contribution in [0.25, 0.3) is 0 Å². The first-order chi connectivity index (χ1) is 11.4. The van der Waals surface area contributed by atoms with Crippen LogP contribution < -0.4 is 10.1 Å². The third-order valence-electron chi connectivity index (χ3n) is 3.84. The van der Waals surface area contributed by atoms with Gasteiger partial charge < -0.3 is 10.1 Å². The van der Waals surface area contributed by atoms with Gasteiger partial charge in [0.25, 0.3) is 0 Å². The van der Waals surface area contributed by atoms with Crippen LogP contribution >= 0.6 is 22.9 Å². The van der Waals surface area contributed by atoms with Gasteiger partial charge in [0.2, 0.25) is 0 Å². The minimum Gasteiger partial charge on any atom is -0.406 e. The smallest absolute Gasteiger partial charge is 0.406 e. The molecule has 0 saturated carbocycles. The average Bonchev–Trinajstić information content (AvgIpc) is 2.95. The minimum atomic E-state index is -4.68. The zero-order valence-corrected chi connectivity index (χ0v) is 14.2. The molecule has 1 aliphatic heterocycles. The Kier molecular flexibility index (Phi) is 5.34. The van der Waals surface area contributed by atoms with Crippen LogP contribution in [-0.4, -0.2) is 37.4 Å². The van der Waals surface area contributed by atoms with Crippen molar-refractivity contribution in [1.29, 1.82) is 0 Å². The monoisotopic (exact) mass is 376 g/mol. The molecule has 0 spiro atoms. The van der Waals surface area contributed by atoms with Crippen molar-refractivity contribution >= 4 is 22.9 Å². The Hall–Kier alpha value is -1.28. The number of nitrogens with one attached hydrogen (secondary N) is 1. The zero-order chi connectivity index (χ0) is 17.2. The Balaban J connectivity index is 1.89. The average molecular weight is 377 g/mol. The van der Waals surface area contributed by atoms with Crippen molar-refractivity contribution in [1.82, 2.24) is 10.2 Å². The number of hydrogen-bond donors (Lipinski definition) is 1. The topological polar surface area (TPSA) is 24.5 Å². The first-order valence-corrected chi connectivity index (χ1v) is 8.73. The maximum atomic E-state index is 12.3. The van der Waals surface area contributed by atoms with E-state index >= 15 is 0 Å². The van der Waals surface area contributed by atoms with Gasteiger partial charge in [0.15, 0.2) is 0 Å². The number of benzene rings is 1. The van der Waals surface area contributed by atoms with E-state index < -0.39 is 6.36 Å². The second-order valence-corrected chi connectivity index (χ2v) is 6.79. The van der Waals surface area contributed by atoms with Gasteiger partial charge >= 0.3 is 6.36 Å². The van der Waals surface area contributed by atoms with Crippen molar-refractivity contribution in [2.24, 2.45) is 0 Å². The number of thiophene rings is 1. The Bertz CT molecular complexity index is 669. The van der Waals surface area contributed by atoms with Crippen LogP contribution in [-0.2, 0) is 0 Å². The predicted octanol–water partition coefficient (Wildman–Crippen LogP) is 4.29. The van der Waals surface area contributed by atoms with Crippen LogP contribution in [0, 0.1) is 0 Å². The molecule has 0 aliphatic carbocycles. The Morgan fingerprint density at radius 3 is 2.33 bits per heavy atom. The van der Waals surface area contributed by atoms with Crippen molar-refractivity contribution in [2.45, 2.75) is 12.4 Å². The Labute approximate surface area is 147 Å². The molecule has 2 heterocycles. The number of nitrogens with zero attached hydrogens (tertiary/aromatic N) is 1. The summed E-state index contributed by atoms with van der Waals surface area (Å²) in [4.78, 5) is 3.29. The van der Waals surface area contributed by atoms with E-state index in [2.05, 4.69) is 15.0 Å². The summed E-state index contributed by atoms with van der Waals surface area (Å²) in [5.41, 5.74) is 0.899.